The molecule has 0 fully saturated rings. The number of aromatic nitrogens is 1. The molecular weight excluding hydrogens is 237 g/mol. The predicted octanol–water partition coefficient (Wildman–Crippen LogP) is 2.11. The number of pyridine rings is 1. The molecule has 0 radical (unpaired) electrons. The largest absolute Gasteiger partial charge is 0.439 e. The number of nitrogens with zero attached hydrogens (tertiary/aromatic N) is 2. The maximum absolute atomic E-state index is 13.0. The van der Waals surface area contributed by atoms with E-state index in [4.69, 9.17) is 15.7 Å². The summed E-state index contributed by atoms with van der Waals surface area (Å²) >= 11 is 0. The highest BCUT2D eigenvalue weighted by Gasteiger charge is 2.04. The van der Waals surface area contributed by atoms with Crippen molar-refractivity contribution in [2.45, 2.75) is 0 Å². The van der Waals surface area contributed by atoms with Crippen molar-refractivity contribution in [3.05, 3.63) is 54.0 Å². The molecule has 0 aliphatic heterocycles. The third kappa shape index (κ3) is 2.73. The van der Waals surface area contributed by atoms with Gasteiger partial charge in [0.25, 0.3) is 0 Å². The summed E-state index contributed by atoms with van der Waals surface area (Å²) in [5.41, 5.74) is 5.89. The molecule has 2 rings (SSSR count). The van der Waals surface area contributed by atoms with Crippen LogP contribution in [0.25, 0.3) is 0 Å². The van der Waals surface area contributed by atoms with E-state index >= 15 is 0 Å². The Bertz CT molecular complexity index is 587. The van der Waals surface area contributed by atoms with Gasteiger partial charge in [-0.3, -0.25) is 0 Å². The molecule has 0 saturated carbocycles. The van der Waals surface area contributed by atoms with E-state index < -0.39 is 5.82 Å². The maximum Gasteiger partial charge on any atom is 0.219 e. The molecule has 0 unspecified atom stereocenters. The van der Waals surface area contributed by atoms with Crippen molar-refractivity contribution in [2.75, 3.05) is 0 Å². The minimum absolute atomic E-state index is 0.0542. The molecule has 0 aliphatic carbocycles. The van der Waals surface area contributed by atoms with Gasteiger partial charge < -0.3 is 15.7 Å². The fraction of sp³-hybridized carbons (Fsp3) is 0. The van der Waals surface area contributed by atoms with E-state index in [0.717, 1.165) is 0 Å². The second kappa shape index (κ2) is 5.13. The number of nitrogens with two attached hydrogens (primary N) is 1. The van der Waals surface area contributed by atoms with Crippen LogP contribution in [0.2, 0.25) is 0 Å². The number of hydrogen-bond donors (Lipinski definition) is 2. The van der Waals surface area contributed by atoms with E-state index in [1.54, 1.807) is 12.1 Å². The van der Waals surface area contributed by atoms with Crippen LogP contribution >= 0.6 is 0 Å². The molecule has 0 atom stereocenters. The molecule has 0 amide bonds. The Morgan fingerprint density at radius 2 is 2.17 bits per heavy atom. The average Bonchev–Trinajstić information content (AvgIpc) is 2.38. The van der Waals surface area contributed by atoms with E-state index in [9.17, 15) is 4.39 Å². The fourth-order valence-electron chi connectivity index (χ4n) is 1.33. The quantitative estimate of drug-likeness (QED) is 0.376. The lowest BCUT2D eigenvalue weighted by Gasteiger charge is -2.05. The maximum atomic E-state index is 13.0. The van der Waals surface area contributed by atoms with Gasteiger partial charge in [0, 0.05) is 23.9 Å². The Labute approximate surface area is 102 Å². The van der Waals surface area contributed by atoms with Crippen molar-refractivity contribution in [1.82, 2.24) is 4.98 Å². The van der Waals surface area contributed by atoms with Gasteiger partial charge in [0.2, 0.25) is 5.88 Å². The normalized spacial score (nSPS) is 11.3. The van der Waals surface area contributed by atoms with Crippen LogP contribution in [0.15, 0.2) is 47.8 Å². The van der Waals surface area contributed by atoms with E-state index in [2.05, 4.69) is 10.1 Å². The van der Waals surface area contributed by atoms with Crippen molar-refractivity contribution in [1.29, 1.82) is 0 Å². The highest BCUT2D eigenvalue weighted by atomic mass is 19.1. The average molecular weight is 247 g/mol. The predicted molar refractivity (Wildman–Crippen MR) is 63.2 cm³/mol. The second-order valence-corrected chi connectivity index (χ2v) is 3.43. The molecule has 3 N–H and O–H groups in total. The van der Waals surface area contributed by atoms with Crippen LogP contribution in [0.1, 0.15) is 5.56 Å². The first-order chi connectivity index (χ1) is 8.69. The van der Waals surface area contributed by atoms with Crippen molar-refractivity contribution in [3.63, 3.8) is 0 Å². The van der Waals surface area contributed by atoms with Gasteiger partial charge >= 0.3 is 0 Å². The first-order valence-electron chi connectivity index (χ1n) is 5.06. The van der Waals surface area contributed by atoms with E-state index in [-0.39, 0.29) is 11.7 Å². The Morgan fingerprint density at radius 3 is 2.89 bits per heavy atom. The van der Waals surface area contributed by atoms with Crippen LogP contribution in [0.3, 0.4) is 0 Å². The summed E-state index contributed by atoms with van der Waals surface area (Å²) < 4.78 is 18.3. The Balaban J connectivity index is 2.24. The number of benzene rings is 1. The summed E-state index contributed by atoms with van der Waals surface area (Å²) in [5, 5.41) is 11.4. The van der Waals surface area contributed by atoms with Gasteiger partial charge in [0.1, 0.15) is 11.6 Å². The van der Waals surface area contributed by atoms with Crippen molar-refractivity contribution < 1.29 is 14.3 Å². The molecule has 2 aromatic rings. The Morgan fingerprint density at radius 1 is 1.33 bits per heavy atom. The highest BCUT2D eigenvalue weighted by molar-refractivity contribution is 5.97. The molecule has 5 nitrogen and oxygen atoms in total. The molecular formula is C12H10FN3O2. The third-order valence-electron chi connectivity index (χ3n) is 2.16. The van der Waals surface area contributed by atoms with Gasteiger partial charge in [-0.1, -0.05) is 11.2 Å². The summed E-state index contributed by atoms with van der Waals surface area (Å²) in [6.07, 6.45) is 1.45. The number of rotatable bonds is 3. The molecule has 0 aliphatic rings. The molecule has 1 aromatic heterocycles. The molecule has 6 heteroatoms. The molecule has 1 aromatic carbocycles. The minimum Gasteiger partial charge on any atom is -0.439 e. The summed E-state index contributed by atoms with van der Waals surface area (Å²) in [6.45, 7) is 0. The third-order valence-corrected chi connectivity index (χ3v) is 2.16. The number of ether oxygens (including phenoxy) is 1. The monoisotopic (exact) mass is 247 g/mol. The van der Waals surface area contributed by atoms with Gasteiger partial charge in [-0.15, -0.1) is 0 Å². The topological polar surface area (TPSA) is 80.7 Å². The molecule has 0 saturated heterocycles. The first-order valence-corrected chi connectivity index (χ1v) is 5.06. The van der Waals surface area contributed by atoms with Gasteiger partial charge in [-0.2, -0.15) is 0 Å². The van der Waals surface area contributed by atoms with E-state index in [0.29, 0.717) is 11.3 Å². The van der Waals surface area contributed by atoms with E-state index in [1.165, 1.54) is 30.5 Å². The van der Waals surface area contributed by atoms with Gasteiger partial charge in [0.15, 0.2) is 5.84 Å². The summed E-state index contributed by atoms with van der Waals surface area (Å²) in [4.78, 5) is 3.94. The van der Waals surface area contributed by atoms with Gasteiger partial charge in [0.05, 0.1) is 0 Å². The summed E-state index contributed by atoms with van der Waals surface area (Å²) in [6, 6.07) is 8.72. The van der Waals surface area contributed by atoms with Crippen LogP contribution in [0, 0.1) is 5.82 Å². The summed E-state index contributed by atoms with van der Waals surface area (Å²) in [7, 11) is 0. The lowest BCUT2D eigenvalue weighted by molar-refractivity contribution is 0.318. The SMILES string of the molecule is N/C(=N\O)c1ccnc(Oc2cccc(F)c2)c1. The lowest BCUT2D eigenvalue weighted by Crippen LogP contribution is -2.13. The minimum atomic E-state index is -0.403. The molecule has 0 bridgehead atoms. The molecule has 1 heterocycles. The number of oxime groups is 1. The number of amidine groups is 1. The lowest BCUT2D eigenvalue weighted by atomic mass is 10.2. The zero-order chi connectivity index (χ0) is 13.0. The Kier molecular flexibility index (Phi) is 3.38. The van der Waals surface area contributed by atoms with Crippen LogP contribution in [0.4, 0.5) is 4.39 Å². The smallest absolute Gasteiger partial charge is 0.219 e. The van der Waals surface area contributed by atoms with Crippen molar-refractivity contribution in [3.8, 4) is 11.6 Å². The zero-order valence-corrected chi connectivity index (χ0v) is 9.25. The summed E-state index contributed by atoms with van der Waals surface area (Å²) in [5.74, 6) is 0.0884. The number of halogens is 1. The van der Waals surface area contributed by atoms with Crippen molar-refractivity contribution >= 4 is 5.84 Å². The Hall–Kier alpha value is -2.63. The number of hydrogen-bond acceptors (Lipinski definition) is 4. The standard InChI is InChI=1S/C12H10FN3O2/c13-9-2-1-3-10(7-9)18-11-6-8(4-5-15-11)12(14)16-17/h1-7,17H,(H2,14,16). The van der Waals surface area contributed by atoms with E-state index in [1.807, 2.05) is 0 Å². The van der Waals surface area contributed by atoms with Gasteiger partial charge in [-0.25, -0.2) is 9.37 Å². The van der Waals surface area contributed by atoms with Crippen LogP contribution in [-0.2, 0) is 0 Å². The van der Waals surface area contributed by atoms with Crippen molar-refractivity contribution in [2.24, 2.45) is 10.9 Å². The zero-order valence-electron chi connectivity index (χ0n) is 9.25. The molecule has 18 heavy (non-hydrogen) atoms. The van der Waals surface area contributed by atoms with Crippen LogP contribution < -0.4 is 10.5 Å². The van der Waals surface area contributed by atoms with Crippen LogP contribution in [0.5, 0.6) is 11.6 Å². The highest BCUT2D eigenvalue weighted by Crippen LogP contribution is 2.20. The van der Waals surface area contributed by atoms with Crippen LogP contribution in [-0.4, -0.2) is 16.0 Å². The first kappa shape index (κ1) is 11.8. The molecule has 92 valence electrons. The second-order valence-electron chi connectivity index (χ2n) is 3.43. The molecule has 0 spiro atoms. The fourth-order valence-corrected chi connectivity index (χ4v) is 1.33. The van der Waals surface area contributed by atoms with Gasteiger partial charge in [-0.05, 0) is 18.2 Å².